The van der Waals surface area contributed by atoms with Crippen LogP contribution >= 0.6 is 0 Å². The van der Waals surface area contributed by atoms with Crippen LogP contribution in [-0.2, 0) is 13.1 Å². The SMILES string of the molecule is Nc1ncnc2c1ncn2Cc1ccc(C[n+]2ccc(N3CCCC3)cc2)cc1. The average molecular weight is 386 g/mol. The van der Waals surface area contributed by atoms with Crippen molar-refractivity contribution in [2.24, 2.45) is 0 Å². The molecule has 0 bridgehead atoms. The van der Waals surface area contributed by atoms with E-state index in [4.69, 9.17) is 5.73 Å². The van der Waals surface area contributed by atoms with Crippen molar-refractivity contribution in [3.8, 4) is 0 Å². The smallest absolute Gasteiger partial charge is 0.173 e. The van der Waals surface area contributed by atoms with Gasteiger partial charge in [-0.3, -0.25) is 0 Å². The Bertz CT molecular complexity index is 1110. The summed E-state index contributed by atoms with van der Waals surface area (Å²) in [4.78, 5) is 15.1. The fourth-order valence-electron chi connectivity index (χ4n) is 3.91. The number of aromatic nitrogens is 5. The molecule has 3 aromatic heterocycles. The highest BCUT2D eigenvalue weighted by molar-refractivity contribution is 5.81. The third-order valence-electron chi connectivity index (χ3n) is 5.52. The van der Waals surface area contributed by atoms with Crippen molar-refractivity contribution in [2.45, 2.75) is 25.9 Å². The second-order valence-electron chi connectivity index (χ2n) is 7.54. The Morgan fingerprint density at radius 2 is 1.62 bits per heavy atom. The summed E-state index contributed by atoms with van der Waals surface area (Å²) in [6, 6.07) is 13.1. The Labute approximate surface area is 169 Å². The van der Waals surface area contributed by atoms with Crippen molar-refractivity contribution < 1.29 is 4.57 Å². The van der Waals surface area contributed by atoms with Gasteiger partial charge in [0.2, 0.25) is 0 Å². The molecule has 4 heterocycles. The summed E-state index contributed by atoms with van der Waals surface area (Å²) < 4.78 is 4.21. The monoisotopic (exact) mass is 386 g/mol. The van der Waals surface area contributed by atoms with E-state index in [2.05, 4.69) is 73.2 Å². The summed E-state index contributed by atoms with van der Waals surface area (Å²) >= 11 is 0. The van der Waals surface area contributed by atoms with Crippen LogP contribution in [0.4, 0.5) is 11.5 Å². The van der Waals surface area contributed by atoms with Crippen molar-refractivity contribution in [3.05, 3.63) is 72.6 Å². The van der Waals surface area contributed by atoms with Gasteiger partial charge in [0.25, 0.3) is 0 Å². The molecule has 1 aliphatic heterocycles. The van der Waals surface area contributed by atoms with Gasteiger partial charge in [0.1, 0.15) is 11.8 Å². The topological polar surface area (TPSA) is 76.7 Å². The van der Waals surface area contributed by atoms with E-state index in [1.807, 2.05) is 4.57 Å². The highest BCUT2D eigenvalue weighted by Gasteiger charge is 2.13. The van der Waals surface area contributed by atoms with Crippen LogP contribution in [0.3, 0.4) is 0 Å². The lowest BCUT2D eigenvalue weighted by Gasteiger charge is -2.16. The van der Waals surface area contributed by atoms with Gasteiger partial charge in [-0.2, -0.15) is 0 Å². The summed E-state index contributed by atoms with van der Waals surface area (Å²) in [5.74, 6) is 0.414. The second kappa shape index (κ2) is 7.50. The van der Waals surface area contributed by atoms with Gasteiger partial charge < -0.3 is 15.2 Å². The first-order valence-electron chi connectivity index (χ1n) is 9.99. The molecule has 146 valence electrons. The molecule has 0 unspecified atom stereocenters. The molecule has 0 atom stereocenters. The summed E-state index contributed by atoms with van der Waals surface area (Å²) in [6.07, 6.45) is 10.2. The molecule has 0 aliphatic carbocycles. The lowest BCUT2D eigenvalue weighted by Crippen LogP contribution is -2.33. The maximum Gasteiger partial charge on any atom is 0.173 e. The minimum Gasteiger partial charge on any atom is -0.382 e. The third-order valence-corrected chi connectivity index (χ3v) is 5.52. The molecular formula is C22H24N7+. The molecular weight excluding hydrogens is 362 g/mol. The second-order valence-corrected chi connectivity index (χ2v) is 7.54. The van der Waals surface area contributed by atoms with Gasteiger partial charge in [-0.1, -0.05) is 24.3 Å². The Hall–Kier alpha value is -3.48. The van der Waals surface area contributed by atoms with Crippen LogP contribution in [0.1, 0.15) is 24.0 Å². The van der Waals surface area contributed by atoms with Crippen LogP contribution in [0, 0.1) is 0 Å². The Morgan fingerprint density at radius 1 is 0.897 bits per heavy atom. The molecule has 7 heteroatoms. The van der Waals surface area contributed by atoms with Crippen molar-refractivity contribution in [1.29, 1.82) is 0 Å². The van der Waals surface area contributed by atoms with Gasteiger partial charge in [0.15, 0.2) is 30.4 Å². The first-order chi connectivity index (χ1) is 14.3. The molecule has 2 N–H and O–H groups in total. The van der Waals surface area contributed by atoms with Crippen LogP contribution in [0.25, 0.3) is 11.2 Å². The number of nitrogens with two attached hydrogens (primary N) is 1. The van der Waals surface area contributed by atoms with Crippen LogP contribution < -0.4 is 15.2 Å². The largest absolute Gasteiger partial charge is 0.382 e. The van der Waals surface area contributed by atoms with E-state index in [1.165, 1.54) is 49.1 Å². The Morgan fingerprint density at radius 3 is 2.38 bits per heavy atom. The van der Waals surface area contributed by atoms with E-state index in [9.17, 15) is 0 Å². The minimum absolute atomic E-state index is 0.414. The Kier molecular flexibility index (Phi) is 4.56. The molecule has 0 saturated carbocycles. The normalized spacial score (nSPS) is 14.0. The predicted octanol–water partition coefficient (Wildman–Crippen LogP) is 2.39. The number of nitrogens with zero attached hydrogens (tertiary/aromatic N) is 6. The number of anilines is 2. The van der Waals surface area contributed by atoms with Gasteiger partial charge in [0.05, 0.1) is 12.9 Å². The third kappa shape index (κ3) is 3.63. The van der Waals surface area contributed by atoms with E-state index in [-0.39, 0.29) is 0 Å². The number of hydrogen-bond donors (Lipinski definition) is 1. The van der Waals surface area contributed by atoms with Gasteiger partial charge in [-0.15, -0.1) is 0 Å². The average Bonchev–Trinajstić information content (AvgIpc) is 3.42. The van der Waals surface area contributed by atoms with E-state index < -0.39 is 0 Å². The summed E-state index contributed by atoms with van der Waals surface area (Å²) in [7, 11) is 0. The lowest BCUT2D eigenvalue weighted by molar-refractivity contribution is -0.688. The van der Waals surface area contributed by atoms with Crippen LogP contribution in [0.15, 0.2) is 61.4 Å². The molecule has 0 spiro atoms. The zero-order valence-electron chi connectivity index (χ0n) is 16.3. The van der Waals surface area contributed by atoms with Crippen molar-refractivity contribution in [3.63, 3.8) is 0 Å². The molecule has 1 fully saturated rings. The molecule has 1 saturated heterocycles. The van der Waals surface area contributed by atoms with Crippen LogP contribution in [0.2, 0.25) is 0 Å². The summed E-state index contributed by atoms with van der Waals surface area (Å²) in [5, 5.41) is 0. The molecule has 5 rings (SSSR count). The zero-order valence-corrected chi connectivity index (χ0v) is 16.3. The van der Waals surface area contributed by atoms with Crippen LogP contribution in [0.5, 0.6) is 0 Å². The molecule has 0 amide bonds. The van der Waals surface area contributed by atoms with Crippen molar-refractivity contribution in [1.82, 2.24) is 19.5 Å². The fraction of sp³-hybridized carbons (Fsp3) is 0.273. The Balaban J connectivity index is 1.27. The highest BCUT2D eigenvalue weighted by atomic mass is 15.1. The van der Waals surface area contributed by atoms with Gasteiger partial charge >= 0.3 is 0 Å². The van der Waals surface area contributed by atoms with Gasteiger partial charge in [-0.05, 0) is 18.4 Å². The standard InChI is InChI=1S/C22H24N7/c23-21-20-22(25-15-24-21)29(16-26-20)14-18-5-3-17(4-6-18)13-27-11-7-19(8-12-27)28-9-1-2-10-28/h3-8,11-12,15-16H,1-2,9-10,13-14H2,(H2,23,24,25)/q+1. The maximum atomic E-state index is 5.87. The molecule has 29 heavy (non-hydrogen) atoms. The van der Waals surface area contributed by atoms with Crippen molar-refractivity contribution in [2.75, 3.05) is 23.7 Å². The van der Waals surface area contributed by atoms with E-state index >= 15 is 0 Å². The quantitative estimate of drug-likeness (QED) is 0.533. The number of pyridine rings is 1. The molecule has 1 aromatic carbocycles. The fourth-order valence-corrected chi connectivity index (χ4v) is 3.91. The summed E-state index contributed by atoms with van der Waals surface area (Å²) in [6.45, 7) is 3.91. The number of benzene rings is 1. The lowest BCUT2D eigenvalue weighted by atomic mass is 10.1. The molecule has 0 radical (unpaired) electrons. The summed E-state index contributed by atoms with van der Waals surface area (Å²) in [5.41, 5.74) is 11.1. The van der Waals surface area contributed by atoms with Crippen LogP contribution in [-0.4, -0.2) is 32.6 Å². The minimum atomic E-state index is 0.414. The molecule has 4 aromatic rings. The zero-order chi connectivity index (χ0) is 19.6. The van der Waals surface area contributed by atoms with E-state index in [0.29, 0.717) is 17.9 Å². The predicted molar refractivity (Wildman–Crippen MR) is 112 cm³/mol. The maximum absolute atomic E-state index is 5.87. The van der Waals surface area contributed by atoms with E-state index in [0.717, 1.165) is 12.2 Å². The number of hydrogen-bond acceptors (Lipinski definition) is 5. The highest BCUT2D eigenvalue weighted by Crippen LogP contribution is 2.18. The number of rotatable bonds is 5. The molecule has 1 aliphatic rings. The van der Waals surface area contributed by atoms with E-state index in [1.54, 1.807) is 6.33 Å². The number of nitrogen functional groups attached to an aromatic ring is 1. The van der Waals surface area contributed by atoms with Crippen molar-refractivity contribution >= 4 is 22.7 Å². The number of fused-ring (bicyclic) bond motifs is 1. The van der Waals surface area contributed by atoms with Gasteiger partial charge in [-0.25, -0.2) is 19.5 Å². The molecule has 7 nitrogen and oxygen atoms in total. The first-order valence-corrected chi connectivity index (χ1v) is 9.99. The van der Waals surface area contributed by atoms with Gasteiger partial charge in [0, 0.05) is 36.5 Å². The first kappa shape index (κ1) is 17.6. The number of imidazole rings is 1.